The SMILES string of the molecule is CCC1(CNC(=NC)NCCCn2cc(C)cn2)CCC1. The standard InChI is InChI=1S/C16H29N5/c1-4-16(7-5-8-16)13-19-15(17-3)18-9-6-10-21-12-14(2)11-20-21/h11-12H,4-10,13H2,1-3H3,(H2,17,18,19). The molecule has 0 aliphatic heterocycles. The average Bonchev–Trinajstić information content (AvgIpc) is 2.86. The first-order valence-corrected chi connectivity index (χ1v) is 8.11. The van der Waals surface area contributed by atoms with Crippen LogP contribution in [0.15, 0.2) is 17.4 Å². The summed E-state index contributed by atoms with van der Waals surface area (Å²) in [5.74, 6) is 0.923. The second-order valence-electron chi connectivity index (χ2n) is 6.19. The van der Waals surface area contributed by atoms with Crippen molar-refractivity contribution in [3.63, 3.8) is 0 Å². The van der Waals surface area contributed by atoms with Crippen molar-refractivity contribution < 1.29 is 0 Å². The Morgan fingerprint density at radius 2 is 2.24 bits per heavy atom. The summed E-state index contributed by atoms with van der Waals surface area (Å²) in [6, 6.07) is 0. The highest BCUT2D eigenvalue weighted by Crippen LogP contribution is 2.42. The van der Waals surface area contributed by atoms with E-state index < -0.39 is 0 Å². The van der Waals surface area contributed by atoms with Crippen LogP contribution in [-0.4, -0.2) is 35.9 Å². The Kier molecular flexibility index (Phi) is 5.65. The Morgan fingerprint density at radius 3 is 2.76 bits per heavy atom. The highest BCUT2D eigenvalue weighted by Gasteiger charge is 2.34. The number of hydrogen-bond acceptors (Lipinski definition) is 2. The maximum Gasteiger partial charge on any atom is 0.190 e. The van der Waals surface area contributed by atoms with E-state index in [0.29, 0.717) is 5.41 Å². The van der Waals surface area contributed by atoms with Crippen molar-refractivity contribution >= 4 is 5.96 Å². The molecule has 5 nitrogen and oxygen atoms in total. The zero-order chi connectivity index (χ0) is 15.1. The summed E-state index contributed by atoms with van der Waals surface area (Å²) >= 11 is 0. The molecule has 21 heavy (non-hydrogen) atoms. The van der Waals surface area contributed by atoms with E-state index in [1.54, 1.807) is 0 Å². The molecule has 1 aromatic rings. The van der Waals surface area contributed by atoms with Crippen molar-refractivity contribution in [3.05, 3.63) is 18.0 Å². The molecule has 1 aliphatic carbocycles. The van der Waals surface area contributed by atoms with Gasteiger partial charge in [-0.25, -0.2) is 0 Å². The molecule has 1 heterocycles. The number of rotatable bonds is 7. The Labute approximate surface area is 128 Å². The van der Waals surface area contributed by atoms with Gasteiger partial charge in [-0.15, -0.1) is 0 Å². The zero-order valence-corrected chi connectivity index (χ0v) is 13.7. The molecule has 0 unspecified atom stereocenters. The van der Waals surface area contributed by atoms with Gasteiger partial charge in [0.2, 0.25) is 0 Å². The van der Waals surface area contributed by atoms with Gasteiger partial charge in [-0.05, 0) is 43.6 Å². The van der Waals surface area contributed by atoms with Crippen molar-refractivity contribution in [1.82, 2.24) is 20.4 Å². The molecular weight excluding hydrogens is 262 g/mol. The first kappa shape index (κ1) is 15.9. The molecule has 2 rings (SSSR count). The van der Waals surface area contributed by atoms with E-state index in [-0.39, 0.29) is 0 Å². The lowest BCUT2D eigenvalue weighted by Gasteiger charge is -2.41. The van der Waals surface area contributed by atoms with Crippen LogP contribution in [0.4, 0.5) is 0 Å². The van der Waals surface area contributed by atoms with E-state index in [9.17, 15) is 0 Å². The lowest BCUT2D eigenvalue weighted by atomic mass is 9.67. The van der Waals surface area contributed by atoms with E-state index in [4.69, 9.17) is 0 Å². The average molecular weight is 291 g/mol. The molecule has 0 atom stereocenters. The molecular formula is C16H29N5. The van der Waals surface area contributed by atoms with Crippen LogP contribution in [0.3, 0.4) is 0 Å². The van der Waals surface area contributed by atoms with Gasteiger partial charge in [-0.1, -0.05) is 13.3 Å². The molecule has 0 spiro atoms. The van der Waals surface area contributed by atoms with Gasteiger partial charge in [0.25, 0.3) is 0 Å². The highest BCUT2D eigenvalue weighted by atomic mass is 15.3. The topological polar surface area (TPSA) is 54.2 Å². The van der Waals surface area contributed by atoms with E-state index in [1.807, 2.05) is 17.9 Å². The maximum absolute atomic E-state index is 4.30. The van der Waals surface area contributed by atoms with Crippen LogP contribution in [0.2, 0.25) is 0 Å². The third-order valence-electron chi connectivity index (χ3n) is 4.64. The van der Waals surface area contributed by atoms with Crippen LogP contribution >= 0.6 is 0 Å². The van der Waals surface area contributed by atoms with Crippen LogP contribution < -0.4 is 10.6 Å². The first-order valence-electron chi connectivity index (χ1n) is 8.11. The molecule has 2 N–H and O–H groups in total. The van der Waals surface area contributed by atoms with Crippen LogP contribution in [0.25, 0.3) is 0 Å². The molecule has 0 saturated heterocycles. The predicted octanol–water partition coefficient (Wildman–Crippen LogP) is 2.33. The number of guanidine groups is 1. The number of aryl methyl sites for hydroxylation is 2. The number of hydrogen-bond donors (Lipinski definition) is 2. The van der Waals surface area contributed by atoms with E-state index in [0.717, 1.165) is 32.0 Å². The molecule has 0 radical (unpaired) electrons. The van der Waals surface area contributed by atoms with Gasteiger partial charge in [-0.3, -0.25) is 9.67 Å². The van der Waals surface area contributed by atoms with E-state index in [1.165, 1.54) is 31.2 Å². The second kappa shape index (κ2) is 7.48. The van der Waals surface area contributed by atoms with Crippen LogP contribution in [0.1, 0.15) is 44.6 Å². The van der Waals surface area contributed by atoms with Crippen LogP contribution in [-0.2, 0) is 6.54 Å². The summed E-state index contributed by atoms with van der Waals surface area (Å²) in [6.45, 7) is 7.26. The van der Waals surface area contributed by atoms with Crippen molar-refractivity contribution in [1.29, 1.82) is 0 Å². The molecule has 0 bridgehead atoms. The molecule has 0 amide bonds. The number of aliphatic imine (C=N–C) groups is 1. The van der Waals surface area contributed by atoms with Crippen molar-refractivity contribution in [2.45, 2.75) is 52.5 Å². The third kappa shape index (κ3) is 4.48. The summed E-state index contributed by atoms with van der Waals surface area (Å²) in [5, 5.41) is 11.2. The molecule has 0 aromatic carbocycles. The predicted molar refractivity (Wildman–Crippen MR) is 87.5 cm³/mol. The molecule has 1 saturated carbocycles. The summed E-state index contributed by atoms with van der Waals surface area (Å²) < 4.78 is 1.99. The first-order chi connectivity index (χ1) is 10.2. The minimum absolute atomic E-state index is 0.518. The Balaban J connectivity index is 1.63. The van der Waals surface area contributed by atoms with Crippen LogP contribution in [0, 0.1) is 12.3 Å². The van der Waals surface area contributed by atoms with Gasteiger partial charge in [0.05, 0.1) is 6.20 Å². The Morgan fingerprint density at radius 1 is 1.43 bits per heavy atom. The fraction of sp³-hybridized carbons (Fsp3) is 0.750. The molecule has 118 valence electrons. The van der Waals surface area contributed by atoms with Gasteiger partial charge in [0, 0.05) is 32.9 Å². The Bertz CT molecular complexity index is 453. The van der Waals surface area contributed by atoms with Crippen LogP contribution in [0.5, 0.6) is 0 Å². The minimum atomic E-state index is 0.518. The van der Waals surface area contributed by atoms with E-state index in [2.05, 4.69) is 40.8 Å². The minimum Gasteiger partial charge on any atom is -0.356 e. The summed E-state index contributed by atoms with van der Waals surface area (Å²) in [4.78, 5) is 4.30. The van der Waals surface area contributed by atoms with Crippen molar-refractivity contribution in [2.75, 3.05) is 20.1 Å². The molecule has 1 aliphatic rings. The quantitative estimate of drug-likeness (QED) is 0.460. The van der Waals surface area contributed by atoms with E-state index >= 15 is 0 Å². The molecule has 1 fully saturated rings. The zero-order valence-electron chi connectivity index (χ0n) is 13.7. The van der Waals surface area contributed by atoms with Gasteiger partial charge >= 0.3 is 0 Å². The van der Waals surface area contributed by atoms with Crippen molar-refractivity contribution in [3.8, 4) is 0 Å². The second-order valence-corrected chi connectivity index (χ2v) is 6.19. The summed E-state index contributed by atoms with van der Waals surface area (Å²) in [7, 11) is 1.84. The van der Waals surface area contributed by atoms with Gasteiger partial charge in [0.1, 0.15) is 0 Å². The highest BCUT2D eigenvalue weighted by molar-refractivity contribution is 5.79. The Hall–Kier alpha value is -1.52. The third-order valence-corrected chi connectivity index (χ3v) is 4.64. The normalized spacial score (nSPS) is 17.4. The van der Waals surface area contributed by atoms with Gasteiger partial charge in [0.15, 0.2) is 5.96 Å². The van der Waals surface area contributed by atoms with Gasteiger partial charge in [-0.2, -0.15) is 5.10 Å². The monoisotopic (exact) mass is 291 g/mol. The molecule has 5 heteroatoms. The summed E-state index contributed by atoms with van der Waals surface area (Å²) in [5.41, 5.74) is 1.73. The number of nitrogens with one attached hydrogen (secondary N) is 2. The maximum atomic E-state index is 4.30. The fourth-order valence-corrected chi connectivity index (χ4v) is 2.86. The number of aromatic nitrogens is 2. The van der Waals surface area contributed by atoms with Crippen molar-refractivity contribution in [2.24, 2.45) is 10.4 Å². The largest absolute Gasteiger partial charge is 0.356 e. The summed E-state index contributed by atoms with van der Waals surface area (Å²) in [6.07, 6.45) is 10.4. The molecule has 1 aromatic heterocycles. The number of nitrogens with zero attached hydrogens (tertiary/aromatic N) is 3. The lowest BCUT2D eigenvalue weighted by Crippen LogP contribution is -2.46. The smallest absolute Gasteiger partial charge is 0.190 e. The lowest BCUT2D eigenvalue weighted by molar-refractivity contribution is 0.131. The fourth-order valence-electron chi connectivity index (χ4n) is 2.86. The van der Waals surface area contributed by atoms with Gasteiger partial charge < -0.3 is 10.6 Å².